The number of aromatic nitrogens is 2. The van der Waals surface area contributed by atoms with Gasteiger partial charge in [-0.15, -0.1) is 0 Å². The number of rotatable bonds is 5. The lowest BCUT2D eigenvalue weighted by atomic mass is 9.95. The first-order chi connectivity index (χ1) is 18.1. The van der Waals surface area contributed by atoms with Crippen LogP contribution in [0.3, 0.4) is 0 Å². The number of amides is 1. The molecule has 0 saturated carbocycles. The summed E-state index contributed by atoms with van der Waals surface area (Å²) in [6, 6.07) is 4.91. The third kappa shape index (κ3) is 5.01. The van der Waals surface area contributed by atoms with Crippen LogP contribution in [0.4, 0.5) is 4.39 Å². The highest BCUT2D eigenvalue weighted by Crippen LogP contribution is 2.41. The number of morpholine rings is 1. The fraction of sp³-hybridized carbons (Fsp3) is 0.630. The Bertz CT molecular complexity index is 1180. The van der Waals surface area contributed by atoms with Gasteiger partial charge in [0.25, 0.3) is 5.91 Å². The van der Waals surface area contributed by atoms with Crippen LogP contribution in [0.1, 0.15) is 54.2 Å². The second-order valence-corrected chi connectivity index (χ2v) is 12.0. The molecule has 2 unspecified atom stereocenters. The van der Waals surface area contributed by atoms with Crippen LogP contribution >= 0.6 is 0 Å². The second kappa shape index (κ2) is 10.9. The fourth-order valence-electron chi connectivity index (χ4n) is 6.21. The molecular weight excluding hydrogens is 495 g/mol. The SMILES string of the molecule is O=C(c1nn(C2CCCN(CCC3CCOCC3)C2)c2c1CS(=O)c1c(F)cccc1-2)N1CCOCC1. The van der Waals surface area contributed by atoms with Crippen LogP contribution in [0.25, 0.3) is 11.3 Å². The molecule has 0 spiro atoms. The third-order valence-corrected chi connectivity index (χ3v) is 9.68. The van der Waals surface area contributed by atoms with E-state index >= 15 is 0 Å². The van der Waals surface area contributed by atoms with Gasteiger partial charge < -0.3 is 19.3 Å². The summed E-state index contributed by atoms with van der Waals surface area (Å²) in [7, 11) is -1.57. The van der Waals surface area contributed by atoms with E-state index in [9.17, 15) is 13.4 Å². The molecule has 0 bridgehead atoms. The van der Waals surface area contributed by atoms with E-state index in [4.69, 9.17) is 14.6 Å². The maximum Gasteiger partial charge on any atom is 0.274 e. The molecular formula is C27H35FN4O4S. The van der Waals surface area contributed by atoms with Gasteiger partial charge in [0.2, 0.25) is 0 Å². The molecule has 200 valence electrons. The predicted octanol–water partition coefficient (Wildman–Crippen LogP) is 3.24. The normalized spacial score (nSPS) is 25.1. The largest absolute Gasteiger partial charge is 0.381 e. The van der Waals surface area contributed by atoms with Gasteiger partial charge in [-0.1, -0.05) is 12.1 Å². The summed E-state index contributed by atoms with van der Waals surface area (Å²) in [5.74, 6) is 0.211. The van der Waals surface area contributed by atoms with Crippen LogP contribution in [-0.4, -0.2) is 88.8 Å². The van der Waals surface area contributed by atoms with Gasteiger partial charge in [-0.05, 0) is 57.2 Å². The van der Waals surface area contributed by atoms with Crippen molar-refractivity contribution in [3.05, 3.63) is 35.3 Å². The number of carbonyl (C=O) groups is 1. The number of likely N-dealkylation sites (tertiary alicyclic amines) is 1. The zero-order chi connectivity index (χ0) is 25.4. The number of hydrogen-bond donors (Lipinski definition) is 0. The van der Waals surface area contributed by atoms with Gasteiger partial charge in [0.15, 0.2) is 5.69 Å². The molecule has 3 saturated heterocycles. The number of ether oxygens (including phenoxy) is 2. The highest BCUT2D eigenvalue weighted by Gasteiger charge is 2.37. The summed E-state index contributed by atoms with van der Waals surface area (Å²) in [6.07, 6.45) is 5.43. The zero-order valence-electron chi connectivity index (χ0n) is 21.2. The predicted molar refractivity (Wildman–Crippen MR) is 137 cm³/mol. The molecule has 4 aliphatic heterocycles. The quantitative estimate of drug-likeness (QED) is 0.591. The van der Waals surface area contributed by atoms with Crippen molar-refractivity contribution >= 4 is 16.7 Å². The van der Waals surface area contributed by atoms with Gasteiger partial charge in [-0.3, -0.25) is 13.7 Å². The molecule has 37 heavy (non-hydrogen) atoms. The smallest absolute Gasteiger partial charge is 0.274 e. The minimum Gasteiger partial charge on any atom is -0.381 e. The van der Waals surface area contributed by atoms with Gasteiger partial charge in [-0.25, -0.2) is 4.39 Å². The molecule has 6 rings (SSSR count). The first kappa shape index (κ1) is 25.2. The number of piperidine rings is 1. The molecule has 2 atom stereocenters. The lowest BCUT2D eigenvalue weighted by Gasteiger charge is -2.35. The lowest BCUT2D eigenvalue weighted by molar-refractivity contribution is 0.0297. The van der Waals surface area contributed by atoms with Gasteiger partial charge in [-0.2, -0.15) is 5.10 Å². The van der Waals surface area contributed by atoms with Crippen molar-refractivity contribution in [1.82, 2.24) is 19.6 Å². The Morgan fingerprint density at radius 1 is 1.08 bits per heavy atom. The molecule has 1 aromatic carbocycles. The zero-order valence-corrected chi connectivity index (χ0v) is 22.0. The van der Waals surface area contributed by atoms with Crippen molar-refractivity contribution in [2.75, 3.05) is 59.2 Å². The van der Waals surface area contributed by atoms with E-state index in [1.54, 1.807) is 11.0 Å². The van der Waals surface area contributed by atoms with E-state index in [2.05, 4.69) is 4.90 Å². The molecule has 1 amide bonds. The molecule has 5 heterocycles. The monoisotopic (exact) mass is 530 g/mol. The first-order valence-corrected chi connectivity index (χ1v) is 14.9. The Hall–Kier alpha value is -2.14. The van der Waals surface area contributed by atoms with Gasteiger partial charge in [0, 0.05) is 44.0 Å². The molecule has 0 radical (unpaired) electrons. The molecule has 2 aromatic rings. The average molecular weight is 531 g/mol. The van der Waals surface area contributed by atoms with Crippen molar-refractivity contribution in [2.45, 2.75) is 48.8 Å². The van der Waals surface area contributed by atoms with E-state index in [1.807, 2.05) is 10.7 Å². The maximum absolute atomic E-state index is 14.9. The van der Waals surface area contributed by atoms with Crippen LogP contribution < -0.4 is 0 Å². The van der Waals surface area contributed by atoms with Gasteiger partial charge >= 0.3 is 0 Å². The number of halogens is 1. The average Bonchev–Trinajstić information content (AvgIpc) is 3.32. The van der Waals surface area contributed by atoms with Crippen molar-refractivity contribution in [1.29, 1.82) is 0 Å². The number of fused-ring (bicyclic) bond motifs is 3. The standard InChI is InChI=1S/C27H35FN4O4S/c28-23-5-1-4-21-25-22(18-37(34)26(21)23)24(27(33)31-11-15-36-16-12-31)29-32(25)20-3-2-9-30(17-20)10-6-19-7-13-35-14-8-19/h1,4-5,19-20H,2-3,6-18H2. The number of hydrogen-bond acceptors (Lipinski definition) is 6. The molecule has 10 heteroatoms. The van der Waals surface area contributed by atoms with Gasteiger partial charge in [0.05, 0.1) is 46.4 Å². The summed E-state index contributed by atoms with van der Waals surface area (Å²) in [6.45, 7) is 6.69. The van der Waals surface area contributed by atoms with Crippen LogP contribution in [0.2, 0.25) is 0 Å². The highest BCUT2D eigenvalue weighted by atomic mass is 32.2. The van der Waals surface area contributed by atoms with Crippen LogP contribution in [-0.2, 0) is 26.0 Å². The summed E-state index contributed by atoms with van der Waals surface area (Å²) < 4.78 is 40.9. The van der Waals surface area contributed by atoms with Crippen molar-refractivity contribution in [3.8, 4) is 11.3 Å². The summed E-state index contributed by atoms with van der Waals surface area (Å²) in [5, 5.41) is 4.92. The van der Waals surface area contributed by atoms with E-state index < -0.39 is 16.6 Å². The van der Waals surface area contributed by atoms with E-state index in [1.165, 1.54) is 12.5 Å². The van der Waals surface area contributed by atoms with E-state index in [-0.39, 0.29) is 22.6 Å². The lowest BCUT2D eigenvalue weighted by Crippen LogP contribution is -2.41. The van der Waals surface area contributed by atoms with Crippen LogP contribution in [0.5, 0.6) is 0 Å². The first-order valence-electron chi connectivity index (χ1n) is 13.6. The highest BCUT2D eigenvalue weighted by molar-refractivity contribution is 7.84. The topological polar surface area (TPSA) is 76.9 Å². The fourth-order valence-corrected chi connectivity index (χ4v) is 7.58. The maximum atomic E-state index is 14.9. The Morgan fingerprint density at radius 3 is 2.68 bits per heavy atom. The number of nitrogens with zero attached hydrogens (tertiary/aromatic N) is 4. The number of carbonyl (C=O) groups excluding carboxylic acids is 1. The number of benzene rings is 1. The summed E-state index contributed by atoms with van der Waals surface area (Å²) in [5.41, 5.74) is 2.42. The summed E-state index contributed by atoms with van der Waals surface area (Å²) >= 11 is 0. The Kier molecular flexibility index (Phi) is 7.42. The van der Waals surface area contributed by atoms with E-state index in [0.29, 0.717) is 49.0 Å². The van der Waals surface area contributed by atoms with Crippen LogP contribution in [0, 0.1) is 11.7 Å². The van der Waals surface area contributed by atoms with Crippen LogP contribution in [0.15, 0.2) is 23.1 Å². The molecule has 3 fully saturated rings. The molecule has 4 aliphatic rings. The summed E-state index contributed by atoms with van der Waals surface area (Å²) in [4.78, 5) is 18.1. The van der Waals surface area contributed by atoms with Gasteiger partial charge in [0.1, 0.15) is 5.82 Å². The Morgan fingerprint density at radius 2 is 1.86 bits per heavy atom. The molecule has 8 nitrogen and oxygen atoms in total. The Balaban J connectivity index is 1.33. The Labute approximate surface area is 219 Å². The van der Waals surface area contributed by atoms with Crippen molar-refractivity contribution < 1.29 is 22.9 Å². The minimum atomic E-state index is -1.57. The molecule has 1 aromatic heterocycles. The minimum absolute atomic E-state index is 0.0751. The van der Waals surface area contributed by atoms with Crippen molar-refractivity contribution in [3.63, 3.8) is 0 Å². The second-order valence-electron chi connectivity index (χ2n) is 10.6. The molecule has 0 N–H and O–H groups in total. The van der Waals surface area contributed by atoms with Crippen molar-refractivity contribution in [2.24, 2.45) is 5.92 Å². The molecule has 0 aliphatic carbocycles. The third-order valence-electron chi connectivity index (χ3n) is 8.26. The van der Waals surface area contributed by atoms with E-state index in [0.717, 1.165) is 64.2 Å².